The molecule has 1 aliphatic heterocycles. The van der Waals surface area contributed by atoms with Gasteiger partial charge in [-0.3, -0.25) is 19.5 Å². The second-order valence-electron chi connectivity index (χ2n) is 8.08. The summed E-state index contributed by atoms with van der Waals surface area (Å²) in [4.78, 5) is 15.3. The van der Waals surface area contributed by atoms with Crippen molar-refractivity contribution in [3.63, 3.8) is 0 Å². The molecule has 0 radical (unpaired) electrons. The van der Waals surface area contributed by atoms with E-state index in [4.69, 9.17) is 4.74 Å². The van der Waals surface area contributed by atoms with Crippen LogP contribution in [-0.2, 0) is 7.05 Å². The SMILES string of the molecule is COc1ccc(C(CNC(=O)c2cc(-c3c(C)nn(C)c3C)n[nH]2)N2CCCC2)cc1. The number of nitrogens with one attached hydrogen (secondary N) is 2. The number of hydrogen-bond donors (Lipinski definition) is 2. The minimum Gasteiger partial charge on any atom is -0.497 e. The Morgan fingerprint density at radius 2 is 1.94 bits per heavy atom. The molecule has 0 bridgehead atoms. The Morgan fingerprint density at radius 1 is 1.23 bits per heavy atom. The molecule has 3 aromatic rings. The molecule has 1 saturated heterocycles. The standard InChI is InChI=1S/C23H30N6O2/c1-15-22(16(2)28(3)27-15)19-13-20(26-25-19)23(30)24-14-21(29-11-5-6-12-29)17-7-9-18(31-4)10-8-17/h7-10,13,21H,5-6,11-12,14H2,1-4H3,(H,24,30)(H,25,26). The summed E-state index contributed by atoms with van der Waals surface area (Å²) in [5.41, 5.74) is 5.24. The molecule has 0 saturated carbocycles. The lowest BCUT2D eigenvalue weighted by atomic mass is 10.0. The van der Waals surface area contributed by atoms with Crippen LogP contribution in [0.2, 0.25) is 0 Å². The zero-order chi connectivity index (χ0) is 22.0. The average molecular weight is 423 g/mol. The third-order valence-corrected chi connectivity index (χ3v) is 6.13. The molecule has 0 spiro atoms. The number of rotatable bonds is 7. The maximum absolute atomic E-state index is 12.9. The van der Waals surface area contributed by atoms with Crippen LogP contribution < -0.4 is 10.1 Å². The zero-order valence-electron chi connectivity index (χ0n) is 18.6. The molecule has 8 nitrogen and oxygen atoms in total. The quantitative estimate of drug-likeness (QED) is 0.611. The van der Waals surface area contributed by atoms with Crippen molar-refractivity contribution >= 4 is 5.91 Å². The number of nitrogens with zero attached hydrogens (tertiary/aromatic N) is 4. The first-order chi connectivity index (χ1) is 15.0. The number of benzene rings is 1. The van der Waals surface area contributed by atoms with Crippen molar-refractivity contribution in [1.82, 2.24) is 30.2 Å². The maximum atomic E-state index is 12.9. The van der Waals surface area contributed by atoms with Crippen molar-refractivity contribution in [3.05, 3.63) is 53.0 Å². The lowest BCUT2D eigenvalue weighted by Crippen LogP contribution is -2.36. The Balaban J connectivity index is 1.48. The molecule has 1 fully saturated rings. The number of carbonyl (C=O) groups excluding carboxylic acids is 1. The van der Waals surface area contributed by atoms with Gasteiger partial charge in [0, 0.05) is 24.8 Å². The van der Waals surface area contributed by atoms with E-state index in [1.165, 1.54) is 18.4 Å². The Labute approximate surface area is 182 Å². The molecule has 3 heterocycles. The monoisotopic (exact) mass is 422 g/mol. The number of amides is 1. The van der Waals surface area contributed by atoms with E-state index < -0.39 is 0 Å². The van der Waals surface area contributed by atoms with Gasteiger partial charge in [-0.1, -0.05) is 12.1 Å². The number of methoxy groups -OCH3 is 1. The molecule has 1 aromatic carbocycles. The van der Waals surface area contributed by atoms with E-state index in [1.807, 2.05) is 37.7 Å². The largest absolute Gasteiger partial charge is 0.497 e. The predicted molar refractivity (Wildman–Crippen MR) is 119 cm³/mol. The fraction of sp³-hybridized carbons (Fsp3) is 0.435. The smallest absolute Gasteiger partial charge is 0.269 e. The van der Waals surface area contributed by atoms with Crippen molar-refractivity contribution in [1.29, 1.82) is 0 Å². The summed E-state index contributed by atoms with van der Waals surface area (Å²) in [7, 11) is 3.57. The summed E-state index contributed by atoms with van der Waals surface area (Å²) < 4.78 is 7.12. The van der Waals surface area contributed by atoms with Gasteiger partial charge in [-0.15, -0.1) is 0 Å². The number of aryl methyl sites for hydroxylation is 2. The normalized spacial score (nSPS) is 15.2. The van der Waals surface area contributed by atoms with E-state index in [9.17, 15) is 4.79 Å². The zero-order valence-corrected chi connectivity index (χ0v) is 18.6. The molecule has 4 rings (SSSR count). The number of likely N-dealkylation sites (tertiary alicyclic amines) is 1. The van der Waals surface area contributed by atoms with Crippen molar-refractivity contribution in [2.75, 3.05) is 26.7 Å². The number of H-pyrrole nitrogens is 1. The highest BCUT2D eigenvalue weighted by atomic mass is 16.5. The first-order valence-electron chi connectivity index (χ1n) is 10.7. The number of ether oxygens (including phenoxy) is 1. The second-order valence-corrected chi connectivity index (χ2v) is 8.08. The summed E-state index contributed by atoms with van der Waals surface area (Å²) >= 11 is 0. The number of aromatic nitrogens is 4. The molecule has 1 amide bonds. The number of carbonyl (C=O) groups is 1. The Hall–Kier alpha value is -3.13. The van der Waals surface area contributed by atoms with Crippen LogP contribution in [0, 0.1) is 13.8 Å². The van der Waals surface area contributed by atoms with Gasteiger partial charge in [0.15, 0.2) is 0 Å². The molecular formula is C23H30N6O2. The second kappa shape index (κ2) is 8.93. The van der Waals surface area contributed by atoms with Gasteiger partial charge in [-0.2, -0.15) is 10.2 Å². The minimum absolute atomic E-state index is 0.127. The van der Waals surface area contributed by atoms with E-state index in [0.29, 0.717) is 12.2 Å². The Kier molecular flexibility index (Phi) is 6.08. The summed E-state index contributed by atoms with van der Waals surface area (Å²) in [5, 5.41) is 14.8. The van der Waals surface area contributed by atoms with Crippen LogP contribution in [-0.4, -0.2) is 57.5 Å². The first kappa shape index (κ1) is 21.1. The Morgan fingerprint density at radius 3 is 2.55 bits per heavy atom. The molecule has 0 aliphatic carbocycles. The molecule has 1 aliphatic rings. The van der Waals surface area contributed by atoms with Gasteiger partial charge >= 0.3 is 0 Å². The molecule has 2 N–H and O–H groups in total. The third kappa shape index (κ3) is 4.34. The first-order valence-corrected chi connectivity index (χ1v) is 10.7. The average Bonchev–Trinajstić information content (AvgIpc) is 3.51. The lowest BCUT2D eigenvalue weighted by molar-refractivity contribution is 0.0933. The Bertz CT molecular complexity index is 1050. The molecule has 1 unspecified atom stereocenters. The lowest BCUT2D eigenvalue weighted by Gasteiger charge is -2.28. The van der Waals surface area contributed by atoms with E-state index in [2.05, 4.69) is 37.6 Å². The van der Waals surface area contributed by atoms with Gasteiger partial charge < -0.3 is 10.1 Å². The van der Waals surface area contributed by atoms with Crippen molar-refractivity contribution in [2.45, 2.75) is 32.7 Å². The molecular weight excluding hydrogens is 392 g/mol. The molecule has 1 atom stereocenters. The number of aromatic amines is 1. The van der Waals surface area contributed by atoms with E-state index >= 15 is 0 Å². The summed E-state index contributed by atoms with van der Waals surface area (Å²) in [6, 6.07) is 10.0. The topological polar surface area (TPSA) is 88.1 Å². The molecule has 31 heavy (non-hydrogen) atoms. The summed E-state index contributed by atoms with van der Waals surface area (Å²) in [5.74, 6) is 0.676. The van der Waals surface area contributed by atoms with E-state index in [-0.39, 0.29) is 11.9 Å². The highest BCUT2D eigenvalue weighted by Crippen LogP contribution is 2.27. The van der Waals surface area contributed by atoms with Gasteiger partial charge in [0.2, 0.25) is 0 Å². The van der Waals surface area contributed by atoms with Gasteiger partial charge in [-0.25, -0.2) is 0 Å². The van der Waals surface area contributed by atoms with Crippen molar-refractivity contribution < 1.29 is 9.53 Å². The van der Waals surface area contributed by atoms with Gasteiger partial charge in [-0.05, 0) is 63.5 Å². The summed E-state index contributed by atoms with van der Waals surface area (Å²) in [6.45, 7) is 6.57. The van der Waals surface area contributed by atoms with Crippen LogP contribution in [0.4, 0.5) is 0 Å². The molecule has 164 valence electrons. The maximum Gasteiger partial charge on any atom is 0.269 e. The van der Waals surface area contributed by atoms with Crippen molar-refractivity contribution in [2.24, 2.45) is 7.05 Å². The van der Waals surface area contributed by atoms with Crippen LogP contribution in [0.1, 0.15) is 46.3 Å². The molecule has 8 heteroatoms. The van der Waals surface area contributed by atoms with Crippen LogP contribution in [0.3, 0.4) is 0 Å². The third-order valence-electron chi connectivity index (χ3n) is 6.13. The molecule has 2 aromatic heterocycles. The van der Waals surface area contributed by atoms with Gasteiger partial charge in [0.25, 0.3) is 5.91 Å². The highest BCUT2D eigenvalue weighted by Gasteiger charge is 2.25. The fourth-order valence-corrected chi connectivity index (χ4v) is 4.33. The van der Waals surface area contributed by atoms with Crippen molar-refractivity contribution in [3.8, 4) is 17.0 Å². The van der Waals surface area contributed by atoms with Gasteiger partial charge in [0.05, 0.1) is 24.5 Å². The van der Waals surface area contributed by atoms with Crippen LogP contribution >= 0.6 is 0 Å². The number of hydrogen-bond acceptors (Lipinski definition) is 5. The van der Waals surface area contributed by atoms with Crippen LogP contribution in [0.15, 0.2) is 30.3 Å². The van der Waals surface area contributed by atoms with E-state index in [0.717, 1.165) is 41.5 Å². The van der Waals surface area contributed by atoms with Gasteiger partial charge in [0.1, 0.15) is 11.4 Å². The minimum atomic E-state index is -0.157. The van der Waals surface area contributed by atoms with E-state index in [1.54, 1.807) is 13.2 Å². The summed E-state index contributed by atoms with van der Waals surface area (Å²) in [6.07, 6.45) is 2.38. The van der Waals surface area contributed by atoms with Crippen LogP contribution in [0.5, 0.6) is 5.75 Å². The fourth-order valence-electron chi connectivity index (χ4n) is 4.33. The predicted octanol–water partition coefficient (Wildman–Crippen LogP) is 3.00. The highest BCUT2D eigenvalue weighted by molar-refractivity contribution is 5.93. The van der Waals surface area contributed by atoms with Crippen LogP contribution in [0.25, 0.3) is 11.3 Å².